The number of nitrogens with one attached hydrogen (secondary N) is 1. The highest BCUT2D eigenvalue weighted by molar-refractivity contribution is 7.91. The van der Waals surface area contributed by atoms with Crippen LogP contribution in [-0.4, -0.2) is 64.5 Å². The summed E-state index contributed by atoms with van der Waals surface area (Å²) in [6.07, 6.45) is 1.97. The summed E-state index contributed by atoms with van der Waals surface area (Å²) in [5, 5.41) is 7.26. The van der Waals surface area contributed by atoms with Gasteiger partial charge in [0.2, 0.25) is 11.8 Å². The first kappa shape index (κ1) is 23.5. The third-order valence-electron chi connectivity index (χ3n) is 7.21. The highest BCUT2D eigenvalue weighted by Crippen LogP contribution is 2.44. The lowest BCUT2D eigenvalue weighted by Crippen LogP contribution is -2.62. The van der Waals surface area contributed by atoms with Gasteiger partial charge in [-0.15, -0.1) is 0 Å². The Morgan fingerprint density at radius 2 is 2.03 bits per heavy atom. The van der Waals surface area contributed by atoms with Gasteiger partial charge in [-0.3, -0.25) is 19.3 Å². The van der Waals surface area contributed by atoms with Crippen LogP contribution in [0.4, 0.5) is 11.5 Å². The van der Waals surface area contributed by atoms with E-state index >= 15 is 0 Å². The summed E-state index contributed by atoms with van der Waals surface area (Å²) in [5.74, 6) is 0.246. The number of aryl methyl sites for hydroxylation is 1. The second-order valence-corrected chi connectivity index (χ2v) is 12.0. The van der Waals surface area contributed by atoms with Crippen molar-refractivity contribution in [3.8, 4) is 0 Å². The number of amides is 3. The van der Waals surface area contributed by atoms with E-state index in [9.17, 15) is 22.8 Å². The molecule has 3 aliphatic heterocycles. The number of rotatable bonds is 6. The van der Waals surface area contributed by atoms with Gasteiger partial charge in [0.05, 0.1) is 34.5 Å². The average molecular weight is 500 g/mol. The van der Waals surface area contributed by atoms with E-state index < -0.39 is 15.5 Å². The lowest BCUT2D eigenvalue weighted by atomic mass is 9.98. The number of fused-ring (bicyclic) bond motifs is 3. The lowest BCUT2D eigenvalue weighted by molar-refractivity contribution is -0.118. The molecule has 3 amide bonds. The van der Waals surface area contributed by atoms with Crippen LogP contribution in [0.5, 0.6) is 0 Å². The molecule has 1 aromatic carbocycles. The average Bonchev–Trinajstić information content (AvgIpc) is 3.45. The second kappa shape index (κ2) is 8.47. The Labute approximate surface area is 204 Å². The van der Waals surface area contributed by atoms with Crippen LogP contribution in [0.25, 0.3) is 0 Å². The van der Waals surface area contributed by atoms with Crippen molar-refractivity contribution in [2.45, 2.75) is 57.7 Å². The maximum absolute atomic E-state index is 13.3. The lowest BCUT2D eigenvalue weighted by Gasteiger charge is -2.48. The van der Waals surface area contributed by atoms with Crippen molar-refractivity contribution in [3.63, 3.8) is 0 Å². The molecule has 2 fully saturated rings. The van der Waals surface area contributed by atoms with E-state index in [0.717, 1.165) is 0 Å². The van der Waals surface area contributed by atoms with Crippen LogP contribution in [0, 0.1) is 6.92 Å². The van der Waals surface area contributed by atoms with Crippen molar-refractivity contribution >= 4 is 39.1 Å². The third-order valence-corrected chi connectivity index (χ3v) is 8.96. The van der Waals surface area contributed by atoms with Gasteiger partial charge in [0.1, 0.15) is 11.5 Å². The van der Waals surface area contributed by atoms with Gasteiger partial charge in [-0.1, -0.05) is 12.1 Å². The molecule has 2 unspecified atom stereocenters. The van der Waals surface area contributed by atoms with Crippen LogP contribution in [0.3, 0.4) is 0 Å². The standard InChI is InChI=1S/C24H29N5O5S/c1-16-14-20(29(26-16)17-10-13-35(33,34)15-17)25-21(30)8-5-12-27-23(32)18-6-3-4-7-19(18)28-22(31)9-11-24(27,28)2/h3-4,6-7,14,17H,5,8-13,15H2,1-2H3,(H,25,30). The van der Waals surface area contributed by atoms with Crippen LogP contribution in [-0.2, 0) is 19.4 Å². The highest BCUT2D eigenvalue weighted by atomic mass is 32.2. The molecule has 1 N–H and O–H groups in total. The topological polar surface area (TPSA) is 122 Å². The monoisotopic (exact) mass is 499 g/mol. The zero-order valence-corrected chi connectivity index (χ0v) is 20.7. The van der Waals surface area contributed by atoms with E-state index in [4.69, 9.17) is 0 Å². The Morgan fingerprint density at radius 1 is 1.26 bits per heavy atom. The molecule has 2 saturated heterocycles. The number of carbonyl (C=O) groups is 3. The molecule has 2 atom stereocenters. The van der Waals surface area contributed by atoms with Gasteiger partial charge in [0.15, 0.2) is 9.84 Å². The maximum atomic E-state index is 13.3. The molecule has 3 aliphatic rings. The number of carbonyl (C=O) groups excluding carboxylic acids is 3. The van der Waals surface area contributed by atoms with E-state index in [1.165, 1.54) is 0 Å². The van der Waals surface area contributed by atoms with E-state index in [-0.39, 0.29) is 41.7 Å². The van der Waals surface area contributed by atoms with Crippen molar-refractivity contribution in [1.29, 1.82) is 0 Å². The fraction of sp³-hybridized carbons (Fsp3) is 0.500. The highest BCUT2D eigenvalue weighted by Gasteiger charge is 2.52. The summed E-state index contributed by atoms with van der Waals surface area (Å²) < 4.78 is 25.4. The van der Waals surface area contributed by atoms with Crippen molar-refractivity contribution in [1.82, 2.24) is 14.7 Å². The van der Waals surface area contributed by atoms with Gasteiger partial charge in [0.25, 0.3) is 5.91 Å². The first-order valence-electron chi connectivity index (χ1n) is 11.9. The van der Waals surface area contributed by atoms with E-state index in [1.54, 1.807) is 45.7 Å². The Hall–Kier alpha value is -3.21. The quantitative estimate of drug-likeness (QED) is 0.651. The van der Waals surface area contributed by atoms with Gasteiger partial charge in [-0.2, -0.15) is 5.10 Å². The number of nitrogens with zero attached hydrogens (tertiary/aromatic N) is 4. The van der Waals surface area contributed by atoms with Crippen molar-refractivity contribution < 1.29 is 22.8 Å². The summed E-state index contributed by atoms with van der Waals surface area (Å²) in [5.41, 5.74) is 1.09. The molecule has 0 aliphatic carbocycles. The normalized spacial score (nSPS) is 25.0. The Balaban J connectivity index is 1.26. The molecular formula is C24H29N5O5S. The smallest absolute Gasteiger partial charge is 0.257 e. The van der Waals surface area contributed by atoms with Crippen LogP contribution < -0.4 is 10.2 Å². The summed E-state index contributed by atoms with van der Waals surface area (Å²) in [6, 6.07) is 8.59. The third kappa shape index (κ3) is 4.11. The maximum Gasteiger partial charge on any atom is 0.257 e. The molecule has 5 rings (SSSR count). The van der Waals surface area contributed by atoms with Crippen LogP contribution in [0.1, 0.15) is 61.1 Å². The predicted octanol–water partition coefficient (Wildman–Crippen LogP) is 2.27. The number of hydrogen-bond acceptors (Lipinski definition) is 6. The minimum Gasteiger partial charge on any atom is -0.315 e. The molecule has 1 aromatic heterocycles. The van der Waals surface area contributed by atoms with Crippen LogP contribution in [0.2, 0.25) is 0 Å². The Kier molecular flexibility index (Phi) is 5.70. The zero-order chi connectivity index (χ0) is 25.0. The van der Waals surface area contributed by atoms with Gasteiger partial charge in [-0.25, -0.2) is 13.1 Å². The van der Waals surface area contributed by atoms with E-state index in [1.807, 2.05) is 13.0 Å². The minimum atomic E-state index is -3.09. The molecule has 4 heterocycles. The molecular weight excluding hydrogens is 470 g/mol. The molecule has 11 heteroatoms. The molecule has 10 nitrogen and oxygen atoms in total. The Bertz CT molecular complexity index is 1320. The van der Waals surface area contributed by atoms with Crippen molar-refractivity contribution in [3.05, 3.63) is 41.6 Å². The molecule has 35 heavy (non-hydrogen) atoms. The summed E-state index contributed by atoms with van der Waals surface area (Å²) in [4.78, 5) is 42.2. The van der Waals surface area contributed by atoms with Gasteiger partial charge in [-0.05, 0) is 45.2 Å². The number of anilines is 2. The number of para-hydroxylation sites is 1. The van der Waals surface area contributed by atoms with E-state index in [0.29, 0.717) is 55.0 Å². The fourth-order valence-corrected chi connectivity index (χ4v) is 7.19. The van der Waals surface area contributed by atoms with Gasteiger partial charge >= 0.3 is 0 Å². The predicted molar refractivity (Wildman–Crippen MR) is 130 cm³/mol. The Morgan fingerprint density at radius 3 is 2.77 bits per heavy atom. The summed E-state index contributed by atoms with van der Waals surface area (Å²) in [6.45, 7) is 4.04. The SMILES string of the molecule is Cc1cc(NC(=O)CCCN2C(=O)c3ccccc3N3C(=O)CCC23C)n(C2CCS(=O)(=O)C2)n1. The number of benzene rings is 1. The van der Waals surface area contributed by atoms with Crippen LogP contribution in [0.15, 0.2) is 30.3 Å². The molecule has 0 saturated carbocycles. The first-order chi connectivity index (χ1) is 16.6. The largest absolute Gasteiger partial charge is 0.315 e. The molecule has 2 aromatic rings. The summed E-state index contributed by atoms with van der Waals surface area (Å²) in [7, 11) is -3.09. The molecule has 0 spiro atoms. The van der Waals surface area contributed by atoms with Gasteiger partial charge in [0, 0.05) is 25.5 Å². The molecule has 0 bridgehead atoms. The van der Waals surface area contributed by atoms with E-state index in [2.05, 4.69) is 10.4 Å². The second-order valence-electron chi connectivity index (χ2n) is 9.74. The number of hydrogen-bond donors (Lipinski definition) is 1. The first-order valence-corrected chi connectivity index (χ1v) is 13.7. The van der Waals surface area contributed by atoms with Crippen LogP contribution >= 0.6 is 0 Å². The minimum absolute atomic E-state index is 0.00671. The van der Waals surface area contributed by atoms with Crippen molar-refractivity contribution in [2.24, 2.45) is 0 Å². The molecule has 186 valence electrons. The summed E-state index contributed by atoms with van der Waals surface area (Å²) >= 11 is 0. The van der Waals surface area contributed by atoms with Gasteiger partial charge < -0.3 is 10.2 Å². The zero-order valence-electron chi connectivity index (χ0n) is 19.9. The fourth-order valence-electron chi connectivity index (χ4n) is 5.50. The molecule has 0 radical (unpaired) electrons. The van der Waals surface area contributed by atoms with Crippen molar-refractivity contribution in [2.75, 3.05) is 28.3 Å². The number of sulfone groups is 1. The number of aromatic nitrogens is 2.